The molecule has 14 heavy (non-hydrogen) atoms. The van der Waals surface area contributed by atoms with Gasteiger partial charge in [-0.05, 0) is 38.6 Å². The van der Waals surface area contributed by atoms with Crippen molar-refractivity contribution < 1.29 is 0 Å². The Bertz CT molecular complexity index is 154. The Hall–Kier alpha value is -0.0800. The fourth-order valence-electron chi connectivity index (χ4n) is 2.00. The largest absolute Gasteiger partial charge is 0.329 e. The Labute approximate surface area is 88.6 Å². The fraction of sp³-hybridized carbons (Fsp3) is 1.00. The molecule has 1 aliphatic rings. The number of rotatable bonds is 8. The van der Waals surface area contributed by atoms with E-state index < -0.39 is 0 Å². The predicted octanol–water partition coefficient (Wildman–Crippen LogP) is 2.28. The second kappa shape index (κ2) is 5.72. The lowest BCUT2D eigenvalue weighted by atomic mass is 9.96. The van der Waals surface area contributed by atoms with Crippen molar-refractivity contribution in [3.05, 3.63) is 0 Å². The van der Waals surface area contributed by atoms with Gasteiger partial charge in [-0.2, -0.15) is 0 Å². The number of nitrogens with one attached hydrogen (secondary N) is 1. The highest BCUT2D eigenvalue weighted by atomic mass is 15.0. The minimum Gasteiger partial charge on any atom is -0.329 e. The Morgan fingerprint density at radius 3 is 2.64 bits per heavy atom. The normalized spacial score (nSPS) is 20.8. The highest BCUT2D eigenvalue weighted by molar-refractivity contribution is 4.83. The summed E-state index contributed by atoms with van der Waals surface area (Å²) in [6.07, 6.45) is 8.09. The van der Waals surface area contributed by atoms with Crippen LogP contribution in [-0.4, -0.2) is 18.6 Å². The summed E-state index contributed by atoms with van der Waals surface area (Å²) in [5.74, 6) is 1.06. The predicted molar refractivity (Wildman–Crippen MR) is 62.3 cm³/mol. The van der Waals surface area contributed by atoms with Gasteiger partial charge in [0.15, 0.2) is 0 Å². The van der Waals surface area contributed by atoms with Gasteiger partial charge in [-0.25, -0.2) is 0 Å². The molecule has 1 aliphatic carbocycles. The molecule has 1 fully saturated rings. The van der Waals surface area contributed by atoms with Gasteiger partial charge in [-0.3, -0.25) is 0 Å². The van der Waals surface area contributed by atoms with E-state index >= 15 is 0 Å². The first-order valence-electron chi connectivity index (χ1n) is 6.15. The summed E-state index contributed by atoms with van der Waals surface area (Å²) in [7, 11) is 0. The van der Waals surface area contributed by atoms with Crippen LogP contribution in [0.5, 0.6) is 0 Å². The maximum atomic E-state index is 5.78. The fourth-order valence-corrected chi connectivity index (χ4v) is 2.00. The molecule has 84 valence electrons. The van der Waals surface area contributed by atoms with Gasteiger partial charge in [-0.1, -0.05) is 26.2 Å². The van der Waals surface area contributed by atoms with E-state index in [1.165, 1.54) is 38.5 Å². The molecule has 1 atom stereocenters. The van der Waals surface area contributed by atoms with Gasteiger partial charge in [0.1, 0.15) is 0 Å². The molecule has 1 unspecified atom stereocenters. The average Bonchev–Trinajstić information content (AvgIpc) is 2.97. The standard InChI is InChI=1S/C12H26N2/c1-3-8-12(2,10-13)14-9-4-5-11-6-7-11/h11,14H,3-10,13H2,1-2H3. The van der Waals surface area contributed by atoms with Crippen LogP contribution in [0.3, 0.4) is 0 Å². The summed E-state index contributed by atoms with van der Waals surface area (Å²) < 4.78 is 0. The zero-order valence-corrected chi connectivity index (χ0v) is 9.81. The Balaban J connectivity index is 2.05. The van der Waals surface area contributed by atoms with E-state index in [4.69, 9.17) is 5.73 Å². The zero-order valence-electron chi connectivity index (χ0n) is 9.81. The molecule has 0 aromatic rings. The first-order chi connectivity index (χ1) is 6.70. The molecular formula is C12H26N2. The van der Waals surface area contributed by atoms with Crippen LogP contribution in [-0.2, 0) is 0 Å². The molecule has 0 bridgehead atoms. The SMILES string of the molecule is CCCC(C)(CN)NCCCC1CC1. The first kappa shape index (κ1) is 12.0. The van der Waals surface area contributed by atoms with Crippen molar-refractivity contribution in [1.82, 2.24) is 5.32 Å². The van der Waals surface area contributed by atoms with E-state index in [0.29, 0.717) is 0 Å². The molecule has 2 nitrogen and oxygen atoms in total. The highest BCUT2D eigenvalue weighted by Crippen LogP contribution is 2.33. The van der Waals surface area contributed by atoms with Gasteiger partial charge in [0.25, 0.3) is 0 Å². The third kappa shape index (κ3) is 4.43. The summed E-state index contributed by atoms with van der Waals surface area (Å²) in [6.45, 7) is 6.36. The second-order valence-corrected chi connectivity index (χ2v) is 5.03. The van der Waals surface area contributed by atoms with Crippen molar-refractivity contribution in [2.24, 2.45) is 11.7 Å². The van der Waals surface area contributed by atoms with Gasteiger partial charge in [0.05, 0.1) is 0 Å². The number of hydrogen-bond donors (Lipinski definition) is 2. The molecule has 0 amide bonds. The lowest BCUT2D eigenvalue weighted by molar-refractivity contribution is 0.332. The van der Waals surface area contributed by atoms with Gasteiger partial charge in [0.2, 0.25) is 0 Å². The molecule has 0 aliphatic heterocycles. The van der Waals surface area contributed by atoms with Crippen LogP contribution < -0.4 is 11.1 Å². The van der Waals surface area contributed by atoms with Crippen molar-refractivity contribution >= 4 is 0 Å². The summed E-state index contributed by atoms with van der Waals surface area (Å²) in [5, 5.41) is 3.60. The zero-order chi connectivity index (χ0) is 10.4. The van der Waals surface area contributed by atoms with Crippen molar-refractivity contribution in [3.8, 4) is 0 Å². The third-order valence-electron chi connectivity index (χ3n) is 3.29. The summed E-state index contributed by atoms with van der Waals surface area (Å²) in [6, 6.07) is 0. The number of nitrogens with two attached hydrogens (primary N) is 1. The molecule has 0 radical (unpaired) electrons. The number of hydrogen-bond acceptors (Lipinski definition) is 2. The molecule has 0 aromatic carbocycles. The van der Waals surface area contributed by atoms with E-state index in [2.05, 4.69) is 19.2 Å². The quantitative estimate of drug-likeness (QED) is 0.587. The molecule has 0 saturated heterocycles. The van der Waals surface area contributed by atoms with Crippen LogP contribution in [0.15, 0.2) is 0 Å². The van der Waals surface area contributed by atoms with Crippen LogP contribution in [0, 0.1) is 5.92 Å². The van der Waals surface area contributed by atoms with Crippen LogP contribution in [0.1, 0.15) is 52.4 Å². The van der Waals surface area contributed by atoms with E-state index in [1.807, 2.05) is 0 Å². The van der Waals surface area contributed by atoms with Crippen molar-refractivity contribution in [1.29, 1.82) is 0 Å². The van der Waals surface area contributed by atoms with Gasteiger partial charge >= 0.3 is 0 Å². The highest BCUT2D eigenvalue weighted by Gasteiger charge is 2.22. The van der Waals surface area contributed by atoms with Gasteiger partial charge < -0.3 is 11.1 Å². The Morgan fingerprint density at radius 1 is 1.43 bits per heavy atom. The summed E-state index contributed by atoms with van der Waals surface area (Å²) in [4.78, 5) is 0. The Kier molecular flexibility index (Phi) is 4.90. The minimum atomic E-state index is 0.179. The topological polar surface area (TPSA) is 38.0 Å². The third-order valence-corrected chi connectivity index (χ3v) is 3.29. The lowest BCUT2D eigenvalue weighted by Crippen LogP contribution is -2.48. The van der Waals surface area contributed by atoms with E-state index in [1.54, 1.807) is 0 Å². The van der Waals surface area contributed by atoms with Crippen molar-refractivity contribution in [2.45, 2.75) is 57.9 Å². The van der Waals surface area contributed by atoms with Crippen molar-refractivity contribution in [3.63, 3.8) is 0 Å². The smallest absolute Gasteiger partial charge is 0.0275 e. The summed E-state index contributed by atoms with van der Waals surface area (Å²) in [5.41, 5.74) is 5.96. The molecule has 3 N–H and O–H groups in total. The van der Waals surface area contributed by atoms with Crippen LogP contribution in [0.4, 0.5) is 0 Å². The molecular weight excluding hydrogens is 172 g/mol. The van der Waals surface area contributed by atoms with E-state index in [9.17, 15) is 0 Å². The molecule has 0 spiro atoms. The molecule has 0 heterocycles. The molecule has 1 rings (SSSR count). The summed E-state index contributed by atoms with van der Waals surface area (Å²) >= 11 is 0. The second-order valence-electron chi connectivity index (χ2n) is 5.03. The first-order valence-corrected chi connectivity index (χ1v) is 6.15. The maximum Gasteiger partial charge on any atom is 0.0275 e. The average molecular weight is 198 g/mol. The van der Waals surface area contributed by atoms with Gasteiger partial charge in [0, 0.05) is 12.1 Å². The van der Waals surface area contributed by atoms with Crippen LogP contribution in [0.25, 0.3) is 0 Å². The van der Waals surface area contributed by atoms with Crippen LogP contribution >= 0.6 is 0 Å². The van der Waals surface area contributed by atoms with E-state index in [0.717, 1.165) is 19.0 Å². The molecule has 0 aromatic heterocycles. The van der Waals surface area contributed by atoms with Crippen LogP contribution in [0.2, 0.25) is 0 Å². The van der Waals surface area contributed by atoms with E-state index in [-0.39, 0.29) is 5.54 Å². The molecule has 2 heteroatoms. The Morgan fingerprint density at radius 2 is 2.14 bits per heavy atom. The maximum absolute atomic E-state index is 5.78. The van der Waals surface area contributed by atoms with Crippen molar-refractivity contribution in [2.75, 3.05) is 13.1 Å². The monoisotopic (exact) mass is 198 g/mol. The minimum absolute atomic E-state index is 0.179. The molecule has 1 saturated carbocycles. The lowest BCUT2D eigenvalue weighted by Gasteiger charge is -2.29. The van der Waals surface area contributed by atoms with Gasteiger partial charge in [-0.15, -0.1) is 0 Å².